The van der Waals surface area contributed by atoms with E-state index >= 15 is 0 Å². The van der Waals surface area contributed by atoms with Gasteiger partial charge in [0.1, 0.15) is 10.8 Å². The van der Waals surface area contributed by atoms with E-state index in [9.17, 15) is 4.39 Å². The molecule has 0 heterocycles. The third-order valence-electron chi connectivity index (χ3n) is 2.55. The summed E-state index contributed by atoms with van der Waals surface area (Å²) >= 11 is 4.98. The van der Waals surface area contributed by atoms with E-state index in [0.29, 0.717) is 5.56 Å². The summed E-state index contributed by atoms with van der Waals surface area (Å²) in [5, 5.41) is 0. The molecule has 0 radical (unpaired) electrons. The zero-order valence-corrected chi connectivity index (χ0v) is 11.2. The predicted octanol–water partition coefficient (Wildman–Crippen LogP) is 3.09. The minimum absolute atomic E-state index is 0.247. The molecule has 0 bridgehead atoms. The van der Waals surface area contributed by atoms with Gasteiger partial charge in [-0.15, -0.1) is 0 Å². The van der Waals surface area contributed by atoms with Gasteiger partial charge in [-0.05, 0) is 31.0 Å². The highest BCUT2D eigenvalue weighted by molar-refractivity contribution is 7.80. The zero-order chi connectivity index (χ0) is 12.8. The Kier molecular flexibility index (Phi) is 5.35. The number of thiocarbonyl (C=S) groups is 1. The largest absolute Gasteiger partial charge is 0.389 e. The van der Waals surface area contributed by atoms with Crippen LogP contribution in [-0.4, -0.2) is 18.1 Å². The van der Waals surface area contributed by atoms with E-state index in [1.165, 1.54) is 12.1 Å². The molecule has 1 rings (SSSR count). The number of benzene rings is 1. The molecule has 0 aliphatic rings. The number of nitrogens with zero attached hydrogens (tertiary/aromatic N) is 1. The molecule has 1 aromatic rings. The first kappa shape index (κ1) is 13.9. The smallest absolute Gasteiger partial charge is 0.124 e. The van der Waals surface area contributed by atoms with E-state index in [2.05, 4.69) is 18.7 Å². The van der Waals surface area contributed by atoms with E-state index < -0.39 is 0 Å². The van der Waals surface area contributed by atoms with Crippen LogP contribution < -0.4 is 10.6 Å². The molecule has 0 fully saturated rings. The van der Waals surface area contributed by atoms with Gasteiger partial charge in [-0.3, -0.25) is 0 Å². The second-order valence-corrected chi connectivity index (χ2v) is 4.45. The molecule has 0 aromatic heterocycles. The Labute approximate surface area is 108 Å². The minimum Gasteiger partial charge on any atom is -0.389 e. The number of rotatable bonds is 6. The van der Waals surface area contributed by atoms with Crippen molar-refractivity contribution < 1.29 is 4.39 Å². The number of nitrogens with two attached hydrogens (primary N) is 1. The van der Waals surface area contributed by atoms with Crippen molar-refractivity contribution in [3.8, 4) is 0 Å². The molecule has 17 heavy (non-hydrogen) atoms. The van der Waals surface area contributed by atoms with Crippen molar-refractivity contribution in [1.82, 2.24) is 0 Å². The highest BCUT2D eigenvalue weighted by atomic mass is 32.1. The van der Waals surface area contributed by atoms with Crippen molar-refractivity contribution in [1.29, 1.82) is 0 Å². The van der Waals surface area contributed by atoms with Crippen LogP contribution in [0.4, 0.5) is 10.1 Å². The summed E-state index contributed by atoms with van der Waals surface area (Å²) in [4.78, 5) is 2.45. The summed E-state index contributed by atoms with van der Waals surface area (Å²) in [6.45, 7) is 6.09. The summed E-state index contributed by atoms with van der Waals surface area (Å²) in [6.07, 6.45) is 2.07. The van der Waals surface area contributed by atoms with Crippen molar-refractivity contribution in [2.75, 3.05) is 18.0 Å². The van der Waals surface area contributed by atoms with Crippen LogP contribution in [0.25, 0.3) is 0 Å². The molecule has 94 valence electrons. The molecule has 0 spiro atoms. The fourth-order valence-corrected chi connectivity index (χ4v) is 2.04. The Hall–Kier alpha value is -1.16. The molecular weight excluding hydrogens is 235 g/mol. The third-order valence-corrected chi connectivity index (χ3v) is 2.77. The second kappa shape index (κ2) is 6.55. The van der Waals surface area contributed by atoms with Gasteiger partial charge >= 0.3 is 0 Å². The molecule has 0 saturated heterocycles. The van der Waals surface area contributed by atoms with E-state index in [1.54, 1.807) is 6.07 Å². The Bertz CT molecular complexity index is 387. The SMILES string of the molecule is CCCN(CCC)c1ccc(F)cc1C(N)=S. The second-order valence-electron chi connectivity index (χ2n) is 4.01. The fourth-order valence-electron chi connectivity index (χ4n) is 1.87. The number of hydrogen-bond donors (Lipinski definition) is 1. The highest BCUT2D eigenvalue weighted by Crippen LogP contribution is 2.22. The third kappa shape index (κ3) is 3.66. The maximum absolute atomic E-state index is 13.2. The first-order valence-electron chi connectivity index (χ1n) is 5.94. The zero-order valence-electron chi connectivity index (χ0n) is 10.4. The molecule has 0 unspecified atom stereocenters. The quantitative estimate of drug-likeness (QED) is 0.791. The molecule has 0 aliphatic heterocycles. The summed E-state index contributed by atoms with van der Waals surface area (Å²) in [5.74, 6) is -0.301. The number of anilines is 1. The maximum Gasteiger partial charge on any atom is 0.124 e. The van der Waals surface area contributed by atoms with Gasteiger partial charge in [0.2, 0.25) is 0 Å². The summed E-state index contributed by atoms with van der Waals surface area (Å²) in [6, 6.07) is 4.63. The van der Waals surface area contributed by atoms with Gasteiger partial charge in [0, 0.05) is 24.3 Å². The predicted molar refractivity (Wildman–Crippen MR) is 75.1 cm³/mol. The molecule has 0 saturated carbocycles. The van der Waals surface area contributed by atoms with Crippen molar-refractivity contribution in [3.63, 3.8) is 0 Å². The average molecular weight is 254 g/mol. The van der Waals surface area contributed by atoms with Gasteiger partial charge in [-0.1, -0.05) is 26.1 Å². The summed E-state index contributed by atoms with van der Waals surface area (Å²) in [7, 11) is 0. The van der Waals surface area contributed by atoms with E-state index in [1.807, 2.05) is 0 Å². The van der Waals surface area contributed by atoms with Gasteiger partial charge < -0.3 is 10.6 Å². The lowest BCUT2D eigenvalue weighted by atomic mass is 10.1. The summed E-state index contributed by atoms with van der Waals surface area (Å²) < 4.78 is 13.2. The molecule has 1 aromatic carbocycles. The van der Waals surface area contributed by atoms with Crippen molar-refractivity contribution in [2.24, 2.45) is 5.73 Å². The summed E-state index contributed by atoms with van der Waals surface area (Å²) in [5.41, 5.74) is 7.21. The normalized spacial score (nSPS) is 10.3. The fraction of sp³-hybridized carbons (Fsp3) is 0.462. The van der Waals surface area contributed by atoms with Crippen LogP contribution in [0.15, 0.2) is 18.2 Å². The van der Waals surface area contributed by atoms with Gasteiger partial charge in [0.05, 0.1) is 0 Å². The van der Waals surface area contributed by atoms with Gasteiger partial charge in [0.25, 0.3) is 0 Å². The first-order chi connectivity index (χ1) is 8.10. The topological polar surface area (TPSA) is 29.3 Å². The van der Waals surface area contributed by atoms with E-state index in [4.69, 9.17) is 18.0 Å². The van der Waals surface area contributed by atoms with Crippen LogP contribution in [-0.2, 0) is 0 Å². The van der Waals surface area contributed by atoms with Crippen LogP contribution in [0.5, 0.6) is 0 Å². The maximum atomic E-state index is 13.2. The Balaban J connectivity index is 3.12. The molecule has 0 atom stereocenters. The monoisotopic (exact) mass is 254 g/mol. The van der Waals surface area contributed by atoms with E-state index in [-0.39, 0.29) is 10.8 Å². The Morgan fingerprint density at radius 1 is 1.29 bits per heavy atom. The molecule has 0 amide bonds. The average Bonchev–Trinajstić information content (AvgIpc) is 2.28. The lowest BCUT2D eigenvalue weighted by Gasteiger charge is -2.26. The molecule has 2 nitrogen and oxygen atoms in total. The van der Waals surface area contributed by atoms with E-state index in [0.717, 1.165) is 31.6 Å². The van der Waals surface area contributed by atoms with Crippen LogP contribution in [0.1, 0.15) is 32.3 Å². The highest BCUT2D eigenvalue weighted by Gasteiger charge is 2.12. The Morgan fingerprint density at radius 3 is 2.35 bits per heavy atom. The van der Waals surface area contributed by atoms with Crippen molar-refractivity contribution in [3.05, 3.63) is 29.6 Å². The van der Waals surface area contributed by atoms with Gasteiger partial charge in [0.15, 0.2) is 0 Å². The lowest BCUT2D eigenvalue weighted by molar-refractivity contribution is 0.626. The number of hydrogen-bond acceptors (Lipinski definition) is 2. The standard InChI is InChI=1S/C13H19FN2S/c1-3-7-16(8-4-2)12-6-5-10(14)9-11(12)13(15)17/h5-6,9H,3-4,7-8H2,1-2H3,(H2,15,17). The molecular formula is C13H19FN2S. The number of halogens is 1. The van der Waals surface area contributed by atoms with Crippen LogP contribution in [0, 0.1) is 5.82 Å². The minimum atomic E-state index is -0.301. The molecule has 4 heteroatoms. The van der Waals surface area contributed by atoms with Gasteiger partial charge in [-0.25, -0.2) is 4.39 Å². The first-order valence-corrected chi connectivity index (χ1v) is 6.35. The molecule has 0 aliphatic carbocycles. The van der Waals surface area contributed by atoms with Crippen LogP contribution in [0.2, 0.25) is 0 Å². The van der Waals surface area contributed by atoms with Crippen LogP contribution >= 0.6 is 12.2 Å². The van der Waals surface area contributed by atoms with Gasteiger partial charge in [-0.2, -0.15) is 0 Å². The molecule has 2 N–H and O–H groups in total. The lowest BCUT2D eigenvalue weighted by Crippen LogP contribution is -2.27. The van der Waals surface area contributed by atoms with Crippen molar-refractivity contribution >= 4 is 22.9 Å². The van der Waals surface area contributed by atoms with Crippen LogP contribution in [0.3, 0.4) is 0 Å². The van der Waals surface area contributed by atoms with Crippen molar-refractivity contribution in [2.45, 2.75) is 26.7 Å². The Morgan fingerprint density at radius 2 is 1.88 bits per heavy atom.